The lowest BCUT2D eigenvalue weighted by atomic mass is 9.56. The maximum atomic E-state index is 13.2. The van der Waals surface area contributed by atoms with Crippen molar-refractivity contribution in [2.24, 2.45) is 16.7 Å². The third-order valence-corrected chi connectivity index (χ3v) is 22.3. The van der Waals surface area contributed by atoms with Gasteiger partial charge in [0.25, 0.3) is 0 Å². The van der Waals surface area contributed by atoms with Crippen molar-refractivity contribution in [3.63, 3.8) is 0 Å². The Morgan fingerprint density at radius 1 is 0.921 bits per heavy atom. The van der Waals surface area contributed by atoms with Crippen molar-refractivity contribution in [2.75, 3.05) is 6.61 Å². The Balaban J connectivity index is 2.17. The minimum absolute atomic E-state index is 0.0196. The topological polar surface area (TPSA) is 71.1 Å². The predicted octanol–water partition coefficient (Wildman–Crippen LogP) is 7.62. The highest BCUT2D eigenvalue weighted by molar-refractivity contribution is 6.77. The molecule has 3 rings (SSSR count). The fraction of sp³-hybridized carbons (Fsp3) is 0.933. The molecule has 0 aromatic rings. The second-order valence-corrected chi connectivity index (χ2v) is 25.5. The Hall–Kier alpha value is -0.706. The fourth-order valence-corrected chi connectivity index (χ4v) is 15.4. The molecule has 0 spiro atoms. The van der Waals surface area contributed by atoms with E-state index in [1.807, 2.05) is 0 Å². The lowest BCUT2D eigenvalue weighted by Gasteiger charge is -2.53. The number of cyclic esters (lactones) is 1. The summed E-state index contributed by atoms with van der Waals surface area (Å²) in [5.41, 5.74) is -0.947. The van der Waals surface area contributed by atoms with Crippen LogP contribution < -0.4 is 0 Å². The molecule has 2 heterocycles. The van der Waals surface area contributed by atoms with E-state index in [0.717, 1.165) is 0 Å². The first-order valence-corrected chi connectivity index (χ1v) is 19.9. The molecule has 0 amide bonds. The Bertz CT molecular complexity index is 902. The maximum absolute atomic E-state index is 13.2. The molecule has 8 heteroatoms. The number of rotatable bonds is 8. The van der Waals surface area contributed by atoms with E-state index in [1.165, 1.54) is 0 Å². The molecule has 0 unspecified atom stereocenters. The van der Waals surface area contributed by atoms with E-state index in [1.54, 1.807) is 0 Å². The third-order valence-electron chi connectivity index (χ3n) is 11.6. The van der Waals surface area contributed by atoms with Crippen molar-refractivity contribution < 1.29 is 27.9 Å². The number of esters is 2. The van der Waals surface area contributed by atoms with Crippen LogP contribution in [0.2, 0.25) is 34.8 Å². The highest BCUT2D eigenvalue weighted by atomic mass is 28.4. The molecule has 1 saturated carbocycles. The van der Waals surface area contributed by atoms with Crippen molar-refractivity contribution in [1.29, 1.82) is 0 Å². The molecule has 0 aromatic carbocycles. The number of hydrogen-bond donors (Lipinski definition) is 0. The Kier molecular flexibility index (Phi) is 8.36. The summed E-state index contributed by atoms with van der Waals surface area (Å²) >= 11 is 0. The van der Waals surface area contributed by atoms with Crippen LogP contribution in [0.5, 0.6) is 0 Å². The molecule has 0 bridgehead atoms. The molecule has 1 aliphatic carbocycles. The minimum Gasteiger partial charge on any atom is -0.465 e. The fourth-order valence-electron chi connectivity index (χ4n) is 8.27. The van der Waals surface area contributed by atoms with Crippen LogP contribution in [0, 0.1) is 16.7 Å². The second-order valence-electron chi connectivity index (χ2n) is 15.4. The van der Waals surface area contributed by atoms with Gasteiger partial charge in [-0.25, -0.2) is 0 Å². The van der Waals surface area contributed by atoms with Crippen LogP contribution in [0.25, 0.3) is 0 Å². The van der Waals surface area contributed by atoms with Crippen molar-refractivity contribution in [3.05, 3.63) is 0 Å². The molecule has 0 radical (unpaired) electrons. The lowest BCUT2D eigenvalue weighted by Crippen LogP contribution is -2.62. The summed E-state index contributed by atoms with van der Waals surface area (Å²) < 4.78 is 26.8. The molecule has 0 N–H and O–H groups in total. The van der Waals surface area contributed by atoms with E-state index in [4.69, 9.17) is 18.3 Å². The summed E-state index contributed by atoms with van der Waals surface area (Å²) in [6.45, 7) is 31.6. The zero-order valence-corrected chi connectivity index (χ0v) is 28.7. The van der Waals surface area contributed by atoms with E-state index in [-0.39, 0.29) is 54.6 Å². The van der Waals surface area contributed by atoms with Gasteiger partial charge in [-0.1, -0.05) is 69.2 Å². The molecule has 38 heavy (non-hydrogen) atoms. The summed E-state index contributed by atoms with van der Waals surface area (Å²) in [6, 6.07) is 0. The number of carbonyl (C=O) groups is 2. The molecular formula is C30H56O6Si2. The highest BCUT2D eigenvalue weighted by Crippen LogP contribution is 2.70. The zero-order valence-electron chi connectivity index (χ0n) is 26.7. The smallest absolute Gasteiger partial charge is 0.307 e. The Morgan fingerprint density at radius 3 is 1.89 bits per heavy atom. The van der Waals surface area contributed by atoms with Gasteiger partial charge in [-0.3, -0.25) is 9.59 Å². The van der Waals surface area contributed by atoms with Crippen molar-refractivity contribution in [1.82, 2.24) is 0 Å². The van der Waals surface area contributed by atoms with Gasteiger partial charge < -0.3 is 18.3 Å². The van der Waals surface area contributed by atoms with Gasteiger partial charge in [0, 0.05) is 11.8 Å². The predicted molar refractivity (Wildman–Crippen MR) is 157 cm³/mol. The largest absolute Gasteiger partial charge is 0.465 e. The Morgan fingerprint density at radius 2 is 1.42 bits per heavy atom. The van der Waals surface area contributed by atoms with E-state index < -0.39 is 33.1 Å². The summed E-state index contributed by atoms with van der Waals surface area (Å²) in [4.78, 5) is 26.4. The first kappa shape index (κ1) is 31.8. The summed E-state index contributed by atoms with van der Waals surface area (Å²) in [5.74, 6) is -0.485. The molecule has 3 fully saturated rings. The summed E-state index contributed by atoms with van der Waals surface area (Å²) in [6.07, 6.45) is 0.631. The van der Waals surface area contributed by atoms with Crippen LogP contribution >= 0.6 is 0 Å². The first-order chi connectivity index (χ1) is 17.1. The van der Waals surface area contributed by atoms with Crippen molar-refractivity contribution in [3.8, 4) is 0 Å². The number of carbonyl (C=O) groups excluding carboxylic acids is 2. The molecular weight excluding hydrogens is 512 g/mol. The molecule has 2 saturated heterocycles. The van der Waals surface area contributed by atoms with Gasteiger partial charge >= 0.3 is 11.9 Å². The van der Waals surface area contributed by atoms with Crippen LogP contribution in [0.3, 0.4) is 0 Å². The van der Waals surface area contributed by atoms with Crippen LogP contribution in [0.4, 0.5) is 0 Å². The molecule has 220 valence electrons. The van der Waals surface area contributed by atoms with E-state index in [0.29, 0.717) is 23.0 Å². The molecule has 6 nitrogen and oxygen atoms in total. The van der Waals surface area contributed by atoms with Crippen LogP contribution in [-0.4, -0.2) is 53.0 Å². The van der Waals surface area contributed by atoms with Gasteiger partial charge in [0.05, 0.1) is 30.5 Å². The van der Waals surface area contributed by atoms with Gasteiger partial charge in [-0.15, -0.1) is 0 Å². The number of hydrogen-bond acceptors (Lipinski definition) is 6. The van der Waals surface area contributed by atoms with E-state index in [9.17, 15) is 9.59 Å². The van der Waals surface area contributed by atoms with Gasteiger partial charge in [0.2, 0.25) is 8.32 Å². The van der Waals surface area contributed by atoms with Gasteiger partial charge in [-0.05, 0) is 54.5 Å². The summed E-state index contributed by atoms with van der Waals surface area (Å²) in [7, 11) is -4.38. The van der Waals surface area contributed by atoms with E-state index in [2.05, 4.69) is 96.2 Å². The number of ether oxygens (including phenoxy) is 2. The molecule has 0 aromatic heterocycles. The van der Waals surface area contributed by atoms with Crippen LogP contribution in [0.1, 0.15) is 102 Å². The SMILES string of the molecule is CC(C)[Si](O[C@@H]1C[C@]23OC(=O)C[C@]2(CC(=O)OC[C@]3(C)[C@H](C)O[Si](C)(C)C(C)(C)C)[C@@H]1C)(C(C)C)C(C)C. The van der Waals surface area contributed by atoms with Crippen molar-refractivity contribution >= 4 is 28.6 Å². The zero-order chi connectivity index (χ0) is 29.3. The lowest BCUT2D eigenvalue weighted by molar-refractivity contribution is -0.191. The second kappa shape index (κ2) is 9.98. The third kappa shape index (κ3) is 4.48. The van der Waals surface area contributed by atoms with E-state index >= 15 is 0 Å². The van der Waals surface area contributed by atoms with Gasteiger partial charge in [0.15, 0.2) is 8.32 Å². The first-order valence-electron chi connectivity index (χ1n) is 14.9. The monoisotopic (exact) mass is 568 g/mol. The normalized spacial score (nSPS) is 35.3. The van der Waals surface area contributed by atoms with Crippen LogP contribution in [0.15, 0.2) is 0 Å². The Labute approximate surface area is 234 Å². The molecule has 2 aliphatic heterocycles. The van der Waals surface area contributed by atoms with Crippen LogP contribution in [-0.2, 0) is 27.9 Å². The summed E-state index contributed by atoms with van der Waals surface area (Å²) in [5, 5.41) is 0.0196. The average molecular weight is 569 g/mol. The molecule has 3 aliphatic rings. The maximum Gasteiger partial charge on any atom is 0.307 e. The molecule has 6 atom stereocenters. The average Bonchev–Trinajstić information content (AvgIpc) is 3.11. The standard InChI is InChI=1S/C30H56O6Si2/c1-19(2)38(20(3)4,21(5)6)36-24-15-30-28(12,23(8)35-37(13,14)27(9,10)11)18-33-25(31)16-29(30,22(24)7)17-26(32)34-30/h19-24H,15-18H2,1-14H3/t22-,23+,24-,28-,29-,30-/m1/s1. The van der Waals surface area contributed by atoms with Gasteiger partial charge in [0.1, 0.15) is 12.2 Å². The quantitative estimate of drug-likeness (QED) is 0.221. The highest BCUT2D eigenvalue weighted by Gasteiger charge is 2.78. The van der Waals surface area contributed by atoms with Gasteiger partial charge in [-0.2, -0.15) is 0 Å². The van der Waals surface area contributed by atoms with Crippen molar-refractivity contribution in [2.45, 2.75) is 155 Å². The minimum atomic E-state index is -2.22.